The van der Waals surface area contributed by atoms with Crippen LogP contribution in [0.4, 0.5) is 0 Å². The van der Waals surface area contributed by atoms with Crippen molar-refractivity contribution in [3.63, 3.8) is 0 Å². The summed E-state index contributed by atoms with van der Waals surface area (Å²) in [5.41, 5.74) is 0.00534. The van der Waals surface area contributed by atoms with Crippen molar-refractivity contribution in [2.45, 2.75) is 6.42 Å². The molecule has 5 nitrogen and oxygen atoms in total. The van der Waals surface area contributed by atoms with Gasteiger partial charge < -0.3 is 10.2 Å². The van der Waals surface area contributed by atoms with Crippen LogP contribution in [0.3, 0.4) is 0 Å². The average molecular weight is 323 g/mol. The number of pyridine rings is 1. The molecule has 2 heterocycles. The number of aromatic nitrogens is 1. The fourth-order valence-corrected chi connectivity index (χ4v) is 2.28. The fourth-order valence-electron chi connectivity index (χ4n) is 1.72. The van der Waals surface area contributed by atoms with Gasteiger partial charge in [0.15, 0.2) is 0 Å². The van der Waals surface area contributed by atoms with Crippen LogP contribution >= 0.6 is 34.8 Å². The Bertz CT molecular complexity index is 536. The van der Waals surface area contributed by atoms with Gasteiger partial charge in [0, 0.05) is 19.3 Å². The maximum absolute atomic E-state index is 12.3. The molecule has 19 heavy (non-hydrogen) atoms. The number of rotatable bonds is 1. The normalized spacial score (nSPS) is 15.9. The number of carbonyl (C=O) groups excluding carboxylic acids is 2. The summed E-state index contributed by atoms with van der Waals surface area (Å²) in [6.07, 6.45) is 1.94. The molecule has 8 heteroatoms. The summed E-state index contributed by atoms with van der Waals surface area (Å²) in [5, 5.41) is 2.95. The Hall–Kier alpha value is -1.04. The molecule has 1 N–H and O–H groups in total. The minimum atomic E-state index is -0.430. The monoisotopic (exact) mass is 321 g/mol. The molecule has 0 aromatic carbocycles. The van der Waals surface area contributed by atoms with Gasteiger partial charge in [-0.15, -0.1) is 0 Å². The maximum Gasteiger partial charge on any atom is 0.274 e. The zero-order chi connectivity index (χ0) is 14.0. The predicted octanol–water partition coefficient (Wildman–Crippen LogP) is 2.00. The first kappa shape index (κ1) is 14.4. The van der Waals surface area contributed by atoms with E-state index in [4.69, 9.17) is 34.8 Å². The van der Waals surface area contributed by atoms with Crippen LogP contribution in [0.5, 0.6) is 0 Å². The molecule has 1 aromatic heterocycles. The van der Waals surface area contributed by atoms with Crippen molar-refractivity contribution in [3.05, 3.63) is 27.0 Å². The first-order valence-electron chi connectivity index (χ1n) is 5.56. The molecule has 1 aliphatic rings. The third-order valence-electron chi connectivity index (χ3n) is 2.67. The highest BCUT2D eigenvalue weighted by molar-refractivity contribution is 6.48. The first-order chi connectivity index (χ1) is 9.00. The van der Waals surface area contributed by atoms with Crippen LogP contribution in [0, 0.1) is 0 Å². The molecule has 102 valence electrons. The minimum Gasteiger partial charge on any atom is -0.354 e. The van der Waals surface area contributed by atoms with Crippen LogP contribution in [-0.4, -0.2) is 41.3 Å². The second-order valence-corrected chi connectivity index (χ2v) is 5.18. The summed E-state index contributed by atoms with van der Waals surface area (Å²) in [5.74, 6) is -0.636. The number of nitrogens with one attached hydrogen (secondary N) is 1. The lowest BCUT2D eigenvalue weighted by molar-refractivity contribution is -0.121. The van der Waals surface area contributed by atoms with Gasteiger partial charge in [0.2, 0.25) is 5.91 Å². The van der Waals surface area contributed by atoms with Crippen molar-refractivity contribution in [1.82, 2.24) is 15.2 Å². The zero-order valence-electron chi connectivity index (χ0n) is 9.75. The van der Waals surface area contributed by atoms with Crippen molar-refractivity contribution in [2.24, 2.45) is 0 Å². The number of amides is 2. The van der Waals surface area contributed by atoms with Crippen molar-refractivity contribution >= 4 is 46.6 Å². The van der Waals surface area contributed by atoms with E-state index in [1.54, 1.807) is 0 Å². The summed E-state index contributed by atoms with van der Waals surface area (Å²) >= 11 is 17.6. The fraction of sp³-hybridized carbons (Fsp3) is 0.364. The number of hydrogen-bond donors (Lipinski definition) is 1. The van der Waals surface area contributed by atoms with E-state index >= 15 is 0 Å². The van der Waals surface area contributed by atoms with Gasteiger partial charge >= 0.3 is 0 Å². The van der Waals surface area contributed by atoms with E-state index in [1.165, 1.54) is 11.1 Å². The van der Waals surface area contributed by atoms with Crippen LogP contribution < -0.4 is 5.32 Å². The summed E-state index contributed by atoms with van der Waals surface area (Å²) in [6.45, 7) is 0.984. The van der Waals surface area contributed by atoms with E-state index in [0.717, 1.165) is 0 Å². The molecule has 2 rings (SSSR count). The van der Waals surface area contributed by atoms with E-state index in [9.17, 15) is 9.59 Å². The third-order valence-corrected chi connectivity index (χ3v) is 3.91. The molecule has 0 aliphatic carbocycles. The summed E-state index contributed by atoms with van der Waals surface area (Å²) in [4.78, 5) is 29.0. The number of halogens is 3. The Morgan fingerprint density at radius 3 is 2.79 bits per heavy atom. The van der Waals surface area contributed by atoms with Crippen LogP contribution in [0.25, 0.3) is 0 Å². The van der Waals surface area contributed by atoms with Crippen LogP contribution in [0.2, 0.25) is 15.1 Å². The van der Waals surface area contributed by atoms with Gasteiger partial charge in [-0.1, -0.05) is 34.8 Å². The van der Waals surface area contributed by atoms with Gasteiger partial charge in [0.05, 0.1) is 21.6 Å². The zero-order valence-corrected chi connectivity index (χ0v) is 12.0. The Kier molecular flexibility index (Phi) is 4.50. The molecule has 0 atom stereocenters. The molecule has 0 spiro atoms. The van der Waals surface area contributed by atoms with Gasteiger partial charge in [-0.2, -0.15) is 0 Å². The molecule has 1 saturated heterocycles. The maximum atomic E-state index is 12.3. The summed E-state index contributed by atoms with van der Waals surface area (Å²) in [7, 11) is 0. The van der Waals surface area contributed by atoms with Crippen molar-refractivity contribution < 1.29 is 9.59 Å². The van der Waals surface area contributed by atoms with Gasteiger partial charge in [0.1, 0.15) is 5.69 Å². The van der Waals surface area contributed by atoms with E-state index in [0.29, 0.717) is 19.5 Å². The smallest absolute Gasteiger partial charge is 0.274 e. The van der Waals surface area contributed by atoms with E-state index in [1.807, 2.05) is 0 Å². The topological polar surface area (TPSA) is 62.3 Å². The Labute approximate surface area is 124 Å². The van der Waals surface area contributed by atoms with Gasteiger partial charge in [-0.3, -0.25) is 9.59 Å². The molecule has 0 radical (unpaired) electrons. The van der Waals surface area contributed by atoms with Gasteiger partial charge in [-0.05, 0) is 6.42 Å². The molecule has 1 aromatic rings. The van der Waals surface area contributed by atoms with Crippen molar-refractivity contribution in [1.29, 1.82) is 0 Å². The largest absolute Gasteiger partial charge is 0.354 e. The first-order valence-corrected chi connectivity index (χ1v) is 6.69. The van der Waals surface area contributed by atoms with Crippen LogP contribution in [0.1, 0.15) is 16.9 Å². The molecule has 1 aliphatic heterocycles. The van der Waals surface area contributed by atoms with Gasteiger partial charge in [0.25, 0.3) is 5.91 Å². The van der Waals surface area contributed by atoms with Crippen LogP contribution in [0.15, 0.2) is 6.20 Å². The highest BCUT2D eigenvalue weighted by atomic mass is 35.5. The lowest BCUT2D eigenvalue weighted by atomic mass is 10.3. The highest BCUT2D eigenvalue weighted by Crippen LogP contribution is 2.31. The number of nitrogens with zero attached hydrogens (tertiary/aromatic N) is 2. The standard InChI is InChI=1S/C11H10Cl3N3O2/c12-6-4-16-10(9(14)8(6)13)11(19)17-3-1-2-15-7(18)5-17/h4H,1-3,5H2,(H,15,18). The molecular weight excluding hydrogens is 312 g/mol. The number of carbonyl (C=O) groups is 2. The molecule has 2 amide bonds. The average Bonchev–Trinajstić information content (AvgIpc) is 2.60. The number of hydrogen-bond acceptors (Lipinski definition) is 3. The quantitative estimate of drug-likeness (QED) is 0.860. The second kappa shape index (κ2) is 5.94. The van der Waals surface area contributed by atoms with E-state index in [-0.39, 0.29) is 33.2 Å². The van der Waals surface area contributed by atoms with Gasteiger partial charge in [-0.25, -0.2) is 4.98 Å². The molecule has 0 bridgehead atoms. The van der Waals surface area contributed by atoms with Crippen molar-refractivity contribution in [2.75, 3.05) is 19.6 Å². The third kappa shape index (κ3) is 3.11. The highest BCUT2D eigenvalue weighted by Gasteiger charge is 2.25. The van der Waals surface area contributed by atoms with E-state index in [2.05, 4.69) is 10.3 Å². The molecule has 0 unspecified atom stereocenters. The lowest BCUT2D eigenvalue weighted by Crippen LogP contribution is -2.37. The van der Waals surface area contributed by atoms with Crippen LogP contribution in [-0.2, 0) is 4.79 Å². The molecular formula is C11H10Cl3N3O2. The predicted molar refractivity (Wildman–Crippen MR) is 72.8 cm³/mol. The lowest BCUT2D eigenvalue weighted by Gasteiger charge is -2.19. The SMILES string of the molecule is O=C1CN(C(=O)c2ncc(Cl)c(Cl)c2Cl)CCCN1. The second-order valence-electron chi connectivity index (χ2n) is 4.01. The molecule has 1 fully saturated rings. The van der Waals surface area contributed by atoms with E-state index < -0.39 is 5.91 Å². The Balaban J connectivity index is 2.28. The minimum absolute atomic E-state index is 0.00354. The summed E-state index contributed by atoms with van der Waals surface area (Å²) in [6, 6.07) is 0. The molecule has 0 saturated carbocycles. The summed E-state index contributed by atoms with van der Waals surface area (Å²) < 4.78 is 0. The van der Waals surface area contributed by atoms with Crippen molar-refractivity contribution in [3.8, 4) is 0 Å². The Morgan fingerprint density at radius 2 is 2.05 bits per heavy atom. The Morgan fingerprint density at radius 1 is 1.32 bits per heavy atom.